The minimum absolute atomic E-state index is 0.0694. The summed E-state index contributed by atoms with van der Waals surface area (Å²) in [6, 6.07) is 1.42. The molecular weight excluding hydrogens is 379 g/mol. The number of hydrogen-bond donors (Lipinski definition) is 0. The van der Waals surface area contributed by atoms with Crippen LogP contribution in [0.25, 0.3) is 0 Å². The zero-order valence-corrected chi connectivity index (χ0v) is 16.5. The summed E-state index contributed by atoms with van der Waals surface area (Å²) in [5, 5.41) is 3.82. The van der Waals surface area contributed by atoms with Crippen LogP contribution in [0.15, 0.2) is 6.07 Å². The number of rotatable bonds is 3. The van der Waals surface area contributed by atoms with E-state index in [2.05, 4.69) is 10.00 Å². The summed E-state index contributed by atoms with van der Waals surface area (Å²) in [4.78, 5) is 2.37. The van der Waals surface area contributed by atoms with Crippen molar-refractivity contribution < 1.29 is 21.6 Å². The Kier molecular flexibility index (Phi) is 4.42. The Hall–Kier alpha value is -1.09. The first-order chi connectivity index (χ1) is 12.5. The van der Waals surface area contributed by atoms with Gasteiger partial charge in [0.15, 0.2) is 15.5 Å². The third-order valence-electron chi connectivity index (χ3n) is 6.40. The molecule has 2 atom stereocenters. The number of likely N-dealkylation sites (tertiary alicyclic amines) is 1. The number of sulfone groups is 1. The standard InChI is InChI=1S/C18H26F3N3O2S/c1-12(2)24-15(8-16(22-24)18(19,20)21)13-3-4-14(7-13)23-6-5-17(9-23)10-27(25,26)11-17/h8,12-14H,3-7,9-11H2,1-2H3. The first-order valence-electron chi connectivity index (χ1n) is 9.59. The van der Waals surface area contributed by atoms with E-state index in [-0.39, 0.29) is 17.4 Å². The molecule has 1 spiro atoms. The van der Waals surface area contributed by atoms with Crippen molar-refractivity contribution in [3.05, 3.63) is 17.5 Å². The molecule has 152 valence electrons. The van der Waals surface area contributed by atoms with E-state index in [1.165, 1.54) is 10.7 Å². The second kappa shape index (κ2) is 6.20. The molecule has 1 saturated carbocycles. The van der Waals surface area contributed by atoms with E-state index in [0.717, 1.165) is 38.8 Å². The molecule has 2 unspecified atom stereocenters. The lowest BCUT2D eigenvalue weighted by Crippen LogP contribution is -2.50. The Morgan fingerprint density at radius 3 is 2.56 bits per heavy atom. The molecule has 2 saturated heterocycles. The van der Waals surface area contributed by atoms with E-state index in [4.69, 9.17) is 0 Å². The Balaban J connectivity index is 1.47. The molecule has 27 heavy (non-hydrogen) atoms. The van der Waals surface area contributed by atoms with Gasteiger partial charge in [-0.05, 0) is 52.1 Å². The van der Waals surface area contributed by atoms with E-state index >= 15 is 0 Å². The van der Waals surface area contributed by atoms with Crippen molar-refractivity contribution in [2.45, 2.75) is 63.7 Å². The van der Waals surface area contributed by atoms with Crippen LogP contribution < -0.4 is 0 Å². The first kappa shape index (κ1) is 19.2. The van der Waals surface area contributed by atoms with Crippen LogP contribution in [0, 0.1) is 5.41 Å². The highest BCUT2D eigenvalue weighted by Gasteiger charge is 2.53. The van der Waals surface area contributed by atoms with Gasteiger partial charge in [0.2, 0.25) is 0 Å². The van der Waals surface area contributed by atoms with Gasteiger partial charge < -0.3 is 0 Å². The molecule has 1 aromatic heterocycles. The highest BCUT2D eigenvalue weighted by molar-refractivity contribution is 7.92. The minimum Gasteiger partial charge on any atom is -0.300 e. The fourth-order valence-electron chi connectivity index (χ4n) is 5.23. The molecule has 2 aliphatic heterocycles. The third kappa shape index (κ3) is 3.52. The van der Waals surface area contributed by atoms with Crippen LogP contribution in [0.2, 0.25) is 0 Å². The SMILES string of the molecule is CC(C)n1nc(C(F)(F)F)cc1C1CCC(N2CCC3(C2)CS(=O)(=O)C3)C1. The maximum absolute atomic E-state index is 13.1. The fraction of sp³-hybridized carbons (Fsp3) is 0.833. The molecule has 3 fully saturated rings. The lowest BCUT2D eigenvalue weighted by molar-refractivity contribution is -0.141. The van der Waals surface area contributed by atoms with Gasteiger partial charge in [-0.2, -0.15) is 18.3 Å². The van der Waals surface area contributed by atoms with Gasteiger partial charge in [0.05, 0.1) is 11.5 Å². The van der Waals surface area contributed by atoms with Crippen molar-refractivity contribution in [1.82, 2.24) is 14.7 Å². The molecule has 4 rings (SSSR count). The van der Waals surface area contributed by atoms with E-state index in [1.54, 1.807) is 0 Å². The molecule has 0 bridgehead atoms. The van der Waals surface area contributed by atoms with E-state index in [9.17, 15) is 21.6 Å². The van der Waals surface area contributed by atoms with Crippen LogP contribution in [-0.4, -0.2) is 53.7 Å². The number of alkyl halides is 3. The fourth-order valence-corrected chi connectivity index (χ4v) is 7.48. The summed E-state index contributed by atoms with van der Waals surface area (Å²) >= 11 is 0. The van der Waals surface area contributed by atoms with Gasteiger partial charge in [0, 0.05) is 35.7 Å². The topological polar surface area (TPSA) is 55.2 Å². The summed E-state index contributed by atoms with van der Waals surface area (Å²) in [5.74, 6) is 0.659. The van der Waals surface area contributed by atoms with Crippen LogP contribution in [0.1, 0.15) is 62.9 Å². The summed E-state index contributed by atoms with van der Waals surface area (Å²) in [7, 11) is -2.85. The predicted molar refractivity (Wildman–Crippen MR) is 95.3 cm³/mol. The van der Waals surface area contributed by atoms with Crippen molar-refractivity contribution in [1.29, 1.82) is 0 Å². The molecule has 0 amide bonds. The molecule has 3 heterocycles. The zero-order valence-electron chi connectivity index (χ0n) is 15.7. The monoisotopic (exact) mass is 405 g/mol. The largest absolute Gasteiger partial charge is 0.435 e. The van der Waals surface area contributed by atoms with Crippen molar-refractivity contribution in [2.75, 3.05) is 24.6 Å². The zero-order chi connectivity index (χ0) is 19.6. The quantitative estimate of drug-likeness (QED) is 0.775. The Bertz CT molecular complexity index is 819. The van der Waals surface area contributed by atoms with Crippen molar-refractivity contribution in [2.24, 2.45) is 5.41 Å². The molecular formula is C18H26F3N3O2S. The van der Waals surface area contributed by atoms with Crippen LogP contribution in [0.4, 0.5) is 13.2 Å². The average Bonchev–Trinajstić information content (AvgIpc) is 3.21. The Labute approximate surface area is 157 Å². The number of nitrogens with zero attached hydrogens (tertiary/aromatic N) is 3. The predicted octanol–water partition coefficient (Wildman–Crippen LogP) is 3.24. The van der Waals surface area contributed by atoms with Crippen LogP contribution >= 0.6 is 0 Å². The molecule has 0 aromatic carbocycles. The van der Waals surface area contributed by atoms with Crippen LogP contribution in [-0.2, 0) is 16.0 Å². The third-order valence-corrected chi connectivity index (χ3v) is 8.51. The highest BCUT2D eigenvalue weighted by atomic mass is 32.2. The van der Waals surface area contributed by atoms with Gasteiger partial charge in [0.25, 0.3) is 0 Å². The molecule has 1 aliphatic carbocycles. The van der Waals surface area contributed by atoms with Crippen LogP contribution in [0.5, 0.6) is 0 Å². The second-order valence-corrected chi connectivity index (χ2v) is 11.0. The van der Waals surface area contributed by atoms with Gasteiger partial charge in [-0.1, -0.05) is 0 Å². The summed E-state index contributed by atoms with van der Waals surface area (Å²) in [5.41, 5.74) is -0.200. The number of halogens is 3. The van der Waals surface area contributed by atoms with Gasteiger partial charge in [-0.25, -0.2) is 8.42 Å². The van der Waals surface area contributed by atoms with E-state index in [1.807, 2.05) is 13.8 Å². The van der Waals surface area contributed by atoms with Gasteiger partial charge >= 0.3 is 6.18 Å². The number of aromatic nitrogens is 2. The molecule has 0 N–H and O–H groups in total. The first-order valence-corrected chi connectivity index (χ1v) is 11.4. The Morgan fingerprint density at radius 1 is 1.26 bits per heavy atom. The van der Waals surface area contributed by atoms with Gasteiger partial charge in [-0.15, -0.1) is 0 Å². The normalized spacial score (nSPS) is 30.3. The maximum Gasteiger partial charge on any atom is 0.435 e. The van der Waals surface area contributed by atoms with Crippen molar-refractivity contribution in [3.8, 4) is 0 Å². The van der Waals surface area contributed by atoms with Crippen molar-refractivity contribution >= 4 is 9.84 Å². The smallest absolute Gasteiger partial charge is 0.300 e. The molecule has 0 radical (unpaired) electrons. The van der Waals surface area contributed by atoms with Crippen molar-refractivity contribution in [3.63, 3.8) is 0 Å². The van der Waals surface area contributed by atoms with E-state index in [0.29, 0.717) is 23.2 Å². The molecule has 3 aliphatic rings. The summed E-state index contributed by atoms with van der Waals surface area (Å²) in [6.45, 7) is 5.40. The maximum atomic E-state index is 13.1. The molecule has 5 nitrogen and oxygen atoms in total. The number of hydrogen-bond acceptors (Lipinski definition) is 4. The summed E-state index contributed by atoms with van der Waals surface area (Å²) < 4.78 is 64.0. The molecule has 1 aromatic rings. The lowest BCUT2D eigenvalue weighted by Gasteiger charge is -2.38. The second-order valence-electron chi connectivity index (χ2n) is 8.91. The van der Waals surface area contributed by atoms with Crippen LogP contribution in [0.3, 0.4) is 0 Å². The van der Waals surface area contributed by atoms with Gasteiger partial charge in [0.1, 0.15) is 0 Å². The lowest BCUT2D eigenvalue weighted by atomic mass is 9.91. The minimum atomic E-state index is -4.43. The molecule has 9 heteroatoms. The highest BCUT2D eigenvalue weighted by Crippen LogP contribution is 2.46. The average molecular weight is 405 g/mol. The summed E-state index contributed by atoms with van der Waals surface area (Å²) in [6.07, 6.45) is -0.904. The van der Waals surface area contributed by atoms with Gasteiger partial charge in [-0.3, -0.25) is 9.58 Å². The Morgan fingerprint density at radius 2 is 1.96 bits per heavy atom. The van der Waals surface area contributed by atoms with E-state index < -0.39 is 21.7 Å².